The summed E-state index contributed by atoms with van der Waals surface area (Å²) in [5.74, 6) is 0.904. The highest BCUT2D eigenvalue weighted by Crippen LogP contribution is 2.38. The lowest BCUT2D eigenvalue weighted by atomic mass is 9.87. The first kappa shape index (κ1) is 23.7. The van der Waals surface area contributed by atoms with Crippen molar-refractivity contribution in [3.8, 4) is 45.2 Å². The van der Waals surface area contributed by atoms with Crippen LogP contribution in [0.5, 0.6) is 5.75 Å². The highest BCUT2D eigenvalue weighted by Gasteiger charge is 2.20. The summed E-state index contributed by atoms with van der Waals surface area (Å²) in [6, 6.07) is 36.5. The highest BCUT2D eigenvalue weighted by atomic mass is 16.3. The van der Waals surface area contributed by atoms with Gasteiger partial charge in [-0.05, 0) is 65.1 Å². The minimum atomic E-state index is 0.0462. The Kier molecular flexibility index (Phi) is 5.80. The van der Waals surface area contributed by atoms with Gasteiger partial charge in [0.25, 0.3) is 0 Å². The van der Waals surface area contributed by atoms with Crippen LogP contribution in [0.25, 0.3) is 50.5 Å². The number of pyridine rings is 1. The van der Waals surface area contributed by atoms with Gasteiger partial charge in [-0.1, -0.05) is 81.4 Å². The van der Waals surface area contributed by atoms with E-state index in [1.807, 2.05) is 42.6 Å². The Morgan fingerprint density at radius 3 is 2.18 bits per heavy atom. The van der Waals surface area contributed by atoms with E-state index in [0.29, 0.717) is 11.4 Å². The van der Waals surface area contributed by atoms with E-state index >= 15 is 0 Å². The molecule has 4 nitrogen and oxygen atoms in total. The van der Waals surface area contributed by atoms with Crippen LogP contribution in [-0.4, -0.2) is 19.6 Å². The standard InChI is InChI=1S/C34H29N3O/c1-34(2,3)25-19-20-35-29(22-25)24-12-9-11-23(21-24)27-16-10-17-30-32(27)36-33(28-15-7-8-18-31(28)38)37(30)26-13-5-4-6-14-26/h4-22,38H,1-3H3. The van der Waals surface area contributed by atoms with E-state index in [1.54, 1.807) is 6.07 Å². The molecular weight excluding hydrogens is 466 g/mol. The highest BCUT2D eigenvalue weighted by molar-refractivity contribution is 5.96. The molecule has 0 amide bonds. The van der Waals surface area contributed by atoms with Crippen LogP contribution < -0.4 is 0 Å². The molecule has 0 saturated carbocycles. The topological polar surface area (TPSA) is 50.9 Å². The Bertz CT molecular complexity index is 1760. The second-order valence-electron chi connectivity index (χ2n) is 10.6. The van der Waals surface area contributed by atoms with Crippen LogP contribution in [0.15, 0.2) is 115 Å². The van der Waals surface area contributed by atoms with Crippen LogP contribution >= 0.6 is 0 Å². The molecule has 38 heavy (non-hydrogen) atoms. The smallest absolute Gasteiger partial charge is 0.149 e. The predicted octanol–water partition coefficient (Wildman–Crippen LogP) is 8.42. The molecule has 1 N–H and O–H groups in total. The molecule has 0 spiro atoms. The van der Waals surface area contributed by atoms with Gasteiger partial charge in [0.05, 0.1) is 22.3 Å². The summed E-state index contributed by atoms with van der Waals surface area (Å²) < 4.78 is 2.12. The Morgan fingerprint density at radius 2 is 1.39 bits per heavy atom. The van der Waals surface area contributed by atoms with E-state index in [0.717, 1.165) is 39.1 Å². The number of imidazole rings is 1. The van der Waals surface area contributed by atoms with Gasteiger partial charge >= 0.3 is 0 Å². The van der Waals surface area contributed by atoms with Gasteiger partial charge in [-0.2, -0.15) is 0 Å². The zero-order valence-corrected chi connectivity index (χ0v) is 21.8. The number of para-hydroxylation sites is 3. The van der Waals surface area contributed by atoms with Crippen LogP contribution in [0.2, 0.25) is 0 Å². The van der Waals surface area contributed by atoms with Crippen molar-refractivity contribution in [3.05, 3.63) is 121 Å². The van der Waals surface area contributed by atoms with Crippen LogP contribution in [-0.2, 0) is 5.41 Å². The Hall–Kier alpha value is -4.70. The number of benzene rings is 4. The average molecular weight is 496 g/mol. The van der Waals surface area contributed by atoms with Crippen molar-refractivity contribution in [2.24, 2.45) is 0 Å². The van der Waals surface area contributed by atoms with E-state index in [-0.39, 0.29) is 11.2 Å². The SMILES string of the molecule is CC(C)(C)c1ccnc(-c2cccc(-c3cccc4c3nc(-c3ccccc3O)n4-c3ccccc3)c2)c1. The molecule has 0 bridgehead atoms. The lowest BCUT2D eigenvalue weighted by Gasteiger charge is -2.19. The summed E-state index contributed by atoms with van der Waals surface area (Å²) in [6.45, 7) is 6.65. The van der Waals surface area contributed by atoms with Crippen LogP contribution in [0.1, 0.15) is 26.3 Å². The first-order valence-electron chi connectivity index (χ1n) is 12.8. The van der Waals surface area contributed by atoms with E-state index in [1.165, 1.54) is 5.56 Å². The number of phenols is 1. The fourth-order valence-corrected chi connectivity index (χ4v) is 4.92. The van der Waals surface area contributed by atoms with E-state index in [4.69, 9.17) is 4.98 Å². The first-order chi connectivity index (χ1) is 18.4. The minimum Gasteiger partial charge on any atom is -0.507 e. The van der Waals surface area contributed by atoms with E-state index in [2.05, 4.69) is 97.1 Å². The molecule has 4 aromatic carbocycles. The van der Waals surface area contributed by atoms with Gasteiger partial charge < -0.3 is 5.11 Å². The molecule has 0 saturated heterocycles. The molecular formula is C34H29N3O. The molecule has 0 aliphatic rings. The molecule has 6 rings (SSSR count). The number of aromatic nitrogens is 3. The van der Waals surface area contributed by atoms with E-state index in [9.17, 15) is 5.11 Å². The van der Waals surface area contributed by atoms with Gasteiger partial charge in [0.1, 0.15) is 11.6 Å². The summed E-state index contributed by atoms with van der Waals surface area (Å²) in [7, 11) is 0. The lowest BCUT2D eigenvalue weighted by Crippen LogP contribution is -2.11. The molecule has 2 heterocycles. The fraction of sp³-hybridized carbons (Fsp3) is 0.118. The Morgan fingerprint density at radius 1 is 0.684 bits per heavy atom. The molecule has 0 aliphatic heterocycles. The number of fused-ring (bicyclic) bond motifs is 1. The van der Waals surface area contributed by atoms with Gasteiger partial charge in [-0.3, -0.25) is 9.55 Å². The zero-order valence-electron chi connectivity index (χ0n) is 21.8. The minimum absolute atomic E-state index is 0.0462. The second-order valence-corrected chi connectivity index (χ2v) is 10.6. The monoisotopic (exact) mass is 495 g/mol. The summed E-state index contributed by atoms with van der Waals surface area (Å²) in [6.07, 6.45) is 1.89. The van der Waals surface area contributed by atoms with Crippen LogP contribution in [0, 0.1) is 0 Å². The number of phenolic OH excluding ortho intramolecular Hbond substituents is 1. The van der Waals surface area contributed by atoms with Crippen molar-refractivity contribution in [3.63, 3.8) is 0 Å². The third kappa shape index (κ3) is 4.24. The summed E-state index contributed by atoms with van der Waals surface area (Å²) >= 11 is 0. The summed E-state index contributed by atoms with van der Waals surface area (Å²) in [5, 5.41) is 10.7. The maximum atomic E-state index is 10.7. The normalized spacial score (nSPS) is 11.7. The van der Waals surface area contributed by atoms with Gasteiger partial charge in [0.15, 0.2) is 0 Å². The predicted molar refractivity (Wildman–Crippen MR) is 156 cm³/mol. The van der Waals surface area contributed by atoms with Crippen molar-refractivity contribution < 1.29 is 5.11 Å². The third-order valence-electron chi connectivity index (χ3n) is 6.94. The van der Waals surface area contributed by atoms with Gasteiger partial charge in [-0.25, -0.2) is 4.98 Å². The average Bonchev–Trinajstić information content (AvgIpc) is 3.33. The molecule has 0 fully saturated rings. The number of hydrogen-bond donors (Lipinski definition) is 1. The lowest BCUT2D eigenvalue weighted by molar-refractivity contribution is 0.477. The zero-order chi connectivity index (χ0) is 26.3. The Balaban J connectivity index is 1.56. The molecule has 2 aromatic heterocycles. The van der Waals surface area contributed by atoms with Crippen LogP contribution in [0.4, 0.5) is 0 Å². The largest absolute Gasteiger partial charge is 0.507 e. The molecule has 186 valence electrons. The van der Waals surface area contributed by atoms with Crippen molar-refractivity contribution in [2.75, 3.05) is 0 Å². The summed E-state index contributed by atoms with van der Waals surface area (Å²) in [4.78, 5) is 9.81. The van der Waals surface area contributed by atoms with Gasteiger partial charge in [0.2, 0.25) is 0 Å². The number of nitrogens with zero attached hydrogens (tertiary/aromatic N) is 3. The number of aromatic hydroxyl groups is 1. The van der Waals surface area contributed by atoms with Crippen molar-refractivity contribution in [2.45, 2.75) is 26.2 Å². The second kappa shape index (κ2) is 9.31. The Labute approximate surface area is 222 Å². The molecule has 0 aliphatic carbocycles. The van der Waals surface area contributed by atoms with Crippen molar-refractivity contribution in [1.29, 1.82) is 0 Å². The summed E-state index contributed by atoms with van der Waals surface area (Å²) in [5.41, 5.74) is 8.95. The van der Waals surface area contributed by atoms with Crippen LogP contribution in [0.3, 0.4) is 0 Å². The van der Waals surface area contributed by atoms with Crippen molar-refractivity contribution >= 4 is 11.0 Å². The van der Waals surface area contributed by atoms with Gasteiger partial charge in [-0.15, -0.1) is 0 Å². The fourth-order valence-electron chi connectivity index (χ4n) is 4.92. The third-order valence-corrected chi connectivity index (χ3v) is 6.94. The molecule has 4 heteroatoms. The maximum absolute atomic E-state index is 10.7. The molecule has 6 aromatic rings. The number of hydrogen-bond acceptors (Lipinski definition) is 3. The number of rotatable bonds is 4. The van der Waals surface area contributed by atoms with Crippen molar-refractivity contribution in [1.82, 2.24) is 14.5 Å². The van der Waals surface area contributed by atoms with E-state index < -0.39 is 0 Å². The quantitative estimate of drug-likeness (QED) is 0.267. The first-order valence-corrected chi connectivity index (χ1v) is 12.8. The molecule has 0 atom stereocenters. The molecule has 0 unspecified atom stereocenters. The molecule has 0 radical (unpaired) electrons. The van der Waals surface area contributed by atoms with Gasteiger partial charge in [0, 0.05) is 23.0 Å². The maximum Gasteiger partial charge on any atom is 0.149 e.